The number of ether oxygens (including phenoxy) is 1. The number of pyridine rings is 1. The van der Waals surface area contributed by atoms with Crippen LogP contribution in [0.3, 0.4) is 0 Å². The minimum atomic E-state index is -4.75. The van der Waals surface area contributed by atoms with E-state index in [1.54, 1.807) is 6.07 Å². The Kier molecular flexibility index (Phi) is 4.15. The Morgan fingerprint density at radius 2 is 2.00 bits per heavy atom. The number of aromatic nitrogens is 1. The Balaban J connectivity index is 2.36. The van der Waals surface area contributed by atoms with E-state index in [4.69, 9.17) is 16.7 Å². The highest BCUT2D eigenvalue weighted by Crippen LogP contribution is 2.28. The van der Waals surface area contributed by atoms with Crippen LogP contribution < -0.4 is 4.74 Å². The summed E-state index contributed by atoms with van der Waals surface area (Å²) in [4.78, 5) is 4.01. The summed E-state index contributed by atoms with van der Waals surface area (Å²) in [5, 5.41) is 9.40. The molecule has 0 atom stereocenters. The molecule has 2 aromatic rings. The number of aliphatic hydroxyl groups is 1. The van der Waals surface area contributed by atoms with E-state index in [2.05, 4.69) is 9.72 Å². The van der Waals surface area contributed by atoms with Crippen LogP contribution in [0.25, 0.3) is 11.3 Å². The van der Waals surface area contributed by atoms with Gasteiger partial charge in [-0.2, -0.15) is 0 Å². The molecule has 3 nitrogen and oxygen atoms in total. The van der Waals surface area contributed by atoms with Crippen molar-refractivity contribution in [2.75, 3.05) is 0 Å². The van der Waals surface area contributed by atoms with Crippen molar-refractivity contribution in [1.82, 2.24) is 4.98 Å². The van der Waals surface area contributed by atoms with Crippen LogP contribution in [0.2, 0.25) is 5.02 Å². The van der Waals surface area contributed by atoms with Gasteiger partial charge in [0, 0.05) is 11.8 Å². The number of aliphatic hydroxyl groups excluding tert-OH is 1. The lowest BCUT2D eigenvalue weighted by Crippen LogP contribution is -2.17. The topological polar surface area (TPSA) is 42.4 Å². The van der Waals surface area contributed by atoms with Crippen LogP contribution in [0.4, 0.5) is 13.2 Å². The molecule has 0 amide bonds. The molecule has 0 saturated carbocycles. The van der Waals surface area contributed by atoms with Crippen molar-refractivity contribution in [2.45, 2.75) is 13.0 Å². The molecule has 0 aliphatic heterocycles. The molecule has 2 rings (SSSR count). The first kappa shape index (κ1) is 14.6. The van der Waals surface area contributed by atoms with Gasteiger partial charge in [-0.05, 0) is 23.8 Å². The molecule has 7 heteroatoms. The zero-order chi connectivity index (χ0) is 14.8. The van der Waals surface area contributed by atoms with E-state index >= 15 is 0 Å². The van der Waals surface area contributed by atoms with Crippen LogP contribution in [-0.4, -0.2) is 16.5 Å². The highest BCUT2D eigenvalue weighted by Gasteiger charge is 2.31. The molecule has 0 unspecified atom stereocenters. The molecule has 106 valence electrons. The van der Waals surface area contributed by atoms with Gasteiger partial charge in [-0.3, -0.25) is 4.98 Å². The molecule has 20 heavy (non-hydrogen) atoms. The Hall–Kier alpha value is -1.79. The molecule has 0 radical (unpaired) electrons. The third-order valence-corrected chi connectivity index (χ3v) is 2.81. The fraction of sp³-hybridized carbons (Fsp3) is 0.154. The van der Waals surface area contributed by atoms with Gasteiger partial charge in [0.15, 0.2) is 0 Å². The average Bonchev–Trinajstić information content (AvgIpc) is 2.37. The van der Waals surface area contributed by atoms with E-state index in [9.17, 15) is 13.2 Å². The van der Waals surface area contributed by atoms with E-state index in [-0.39, 0.29) is 12.4 Å². The summed E-state index contributed by atoms with van der Waals surface area (Å²) in [7, 11) is 0. The lowest BCUT2D eigenvalue weighted by atomic mass is 10.1. The smallest absolute Gasteiger partial charge is 0.406 e. The quantitative estimate of drug-likeness (QED) is 0.938. The van der Waals surface area contributed by atoms with Crippen molar-refractivity contribution in [3.8, 4) is 17.0 Å². The van der Waals surface area contributed by atoms with E-state index in [0.29, 0.717) is 21.8 Å². The molecule has 1 heterocycles. The standard InChI is InChI=1S/C13H9ClF3NO2/c14-11-6-18-12(5-9(11)7-19)8-2-1-3-10(4-8)20-13(15,16)17/h1-6,19H,7H2. The summed E-state index contributed by atoms with van der Waals surface area (Å²) < 4.78 is 40.3. The summed E-state index contributed by atoms with van der Waals surface area (Å²) in [5.74, 6) is -0.336. The summed E-state index contributed by atoms with van der Waals surface area (Å²) in [6.07, 6.45) is -3.41. The van der Waals surface area contributed by atoms with Crippen LogP contribution in [0.15, 0.2) is 36.5 Å². The predicted octanol–water partition coefficient (Wildman–Crippen LogP) is 3.79. The molecule has 1 aromatic heterocycles. The number of benzene rings is 1. The van der Waals surface area contributed by atoms with Crippen molar-refractivity contribution >= 4 is 11.6 Å². The number of rotatable bonds is 3. The van der Waals surface area contributed by atoms with Crippen LogP contribution in [0, 0.1) is 0 Å². The van der Waals surface area contributed by atoms with Crippen molar-refractivity contribution in [3.63, 3.8) is 0 Å². The van der Waals surface area contributed by atoms with E-state index in [1.807, 2.05) is 0 Å². The molecule has 0 bridgehead atoms. The molecule has 1 aromatic carbocycles. The van der Waals surface area contributed by atoms with Gasteiger partial charge in [0.05, 0.1) is 17.3 Å². The largest absolute Gasteiger partial charge is 0.573 e. The van der Waals surface area contributed by atoms with E-state index < -0.39 is 6.36 Å². The van der Waals surface area contributed by atoms with Gasteiger partial charge in [0.1, 0.15) is 5.75 Å². The van der Waals surface area contributed by atoms with E-state index in [0.717, 1.165) is 0 Å². The second kappa shape index (κ2) is 5.68. The monoisotopic (exact) mass is 303 g/mol. The van der Waals surface area contributed by atoms with Crippen LogP contribution in [0.1, 0.15) is 5.56 Å². The highest BCUT2D eigenvalue weighted by atomic mass is 35.5. The first-order valence-electron chi connectivity index (χ1n) is 5.50. The third kappa shape index (κ3) is 3.61. The molecule has 1 N–H and O–H groups in total. The number of halogens is 4. The second-order valence-corrected chi connectivity index (χ2v) is 4.30. The summed E-state index contributed by atoms with van der Waals surface area (Å²) in [6.45, 7) is -0.285. The lowest BCUT2D eigenvalue weighted by Gasteiger charge is -2.10. The lowest BCUT2D eigenvalue weighted by molar-refractivity contribution is -0.274. The first-order chi connectivity index (χ1) is 9.39. The van der Waals surface area contributed by atoms with Crippen molar-refractivity contribution < 1.29 is 23.0 Å². The Labute approximate surface area is 117 Å². The Morgan fingerprint density at radius 3 is 2.65 bits per heavy atom. The third-order valence-electron chi connectivity index (χ3n) is 2.47. The number of nitrogens with zero attached hydrogens (tertiary/aromatic N) is 1. The van der Waals surface area contributed by atoms with Gasteiger partial charge < -0.3 is 9.84 Å². The molecular formula is C13H9ClF3NO2. The second-order valence-electron chi connectivity index (χ2n) is 3.89. The average molecular weight is 304 g/mol. The van der Waals surface area contributed by atoms with Crippen molar-refractivity contribution in [2.24, 2.45) is 0 Å². The molecule has 0 spiro atoms. The van der Waals surface area contributed by atoms with E-state index in [1.165, 1.54) is 30.5 Å². The Bertz CT molecular complexity index is 617. The fourth-order valence-electron chi connectivity index (χ4n) is 1.61. The molecule has 0 aliphatic rings. The Morgan fingerprint density at radius 1 is 1.25 bits per heavy atom. The van der Waals surface area contributed by atoms with Crippen LogP contribution in [-0.2, 0) is 6.61 Å². The fourth-order valence-corrected chi connectivity index (χ4v) is 1.78. The van der Waals surface area contributed by atoms with Crippen molar-refractivity contribution in [1.29, 1.82) is 0 Å². The SMILES string of the molecule is OCc1cc(-c2cccc(OC(F)(F)F)c2)ncc1Cl. The zero-order valence-electron chi connectivity index (χ0n) is 9.99. The van der Waals surface area contributed by atoms with Crippen LogP contribution in [0.5, 0.6) is 5.75 Å². The van der Waals surface area contributed by atoms with Gasteiger partial charge >= 0.3 is 6.36 Å². The summed E-state index contributed by atoms with van der Waals surface area (Å²) in [6, 6.07) is 6.92. The van der Waals surface area contributed by atoms with Crippen molar-refractivity contribution in [3.05, 3.63) is 47.1 Å². The van der Waals surface area contributed by atoms with Gasteiger partial charge in [0.25, 0.3) is 0 Å². The summed E-state index contributed by atoms with van der Waals surface area (Å²) in [5.41, 5.74) is 1.27. The van der Waals surface area contributed by atoms with Gasteiger partial charge in [-0.25, -0.2) is 0 Å². The number of alkyl halides is 3. The molecule has 0 fully saturated rings. The molecular weight excluding hydrogens is 295 g/mol. The first-order valence-corrected chi connectivity index (χ1v) is 5.88. The number of hydrogen-bond acceptors (Lipinski definition) is 3. The minimum Gasteiger partial charge on any atom is -0.406 e. The maximum atomic E-state index is 12.2. The zero-order valence-corrected chi connectivity index (χ0v) is 10.7. The predicted molar refractivity (Wildman–Crippen MR) is 67.3 cm³/mol. The van der Waals surface area contributed by atoms with Gasteiger partial charge in [0.2, 0.25) is 0 Å². The molecule has 0 aliphatic carbocycles. The van der Waals surface area contributed by atoms with Gasteiger partial charge in [-0.15, -0.1) is 13.2 Å². The van der Waals surface area contributed by atoms with Crippen LogP contribution >= 0.6 is 11.6 Å². The minimum absolute atomic E-state index is 0.285. The highest BCUT2D eigenvalue weighted by molar-refractivity contribution is 6.31. The molecule has 0 saturated heterocycles. The normalized spacial score (nSPS) is 11.4. The maximum Gasteiger partial charge on any atom is 0.573 e. The number of hydrogen-bond donors (Lipinski definition) is 1. The maximum absolute atomic E-state index is 12.2. The van der Waals surface area contributed by atoms with Gasteiger partial charge in [-0.1, -0.05) is 23.7 Å². The summed E-state index contributed by atoms with van der Waals surface area (Å²) >= 11 is 5.81.